The maximum atomic E-state index is 13.3. The van der Waals surface area contributed by atoms with E-state index in [-0.39, 0.29) is 28.9 Å². The first kappa shape index (κ1) is 17.8. The summed E-state index contributed by atoms with van der Waals surface area (Å²) in [6, 6.07) is 11.9. The molecule has 4 heterocycles. The summed E-state index contributed by atoms with van der Waals surface area (Å²) in [7, 11) is 0. The van der Waals surface area contributed by atoms with Gasteiger partial charge in [-0.25, -0.2) is 4.98 Å². The van der Waals surface area contributed by atoms with Crippen molar-refractivity contribution in [3.8, 4) is 0 Å². The van der Waals surface area contributed by atoms with Gasteiger partial charge in [0.15, 0.2) is 0 Å². The number of aromatic nitrogens is 3. The number of nitrogens with zero attached hydrogens (tertiary/aromatic N) is 4. The molecule has 0 N–H and O–H groups in total. The minimum Gasteiger partial charge on any atom is -0.340 e. The number of hydrogen-bond acceptors (Lipinski definition) is 4. The zero-order chi connectivity index (χ0) is 20.1. The quantitative estimate of drug-likeness (QED) is 0.668. The van der Waals surface area contributed by atoms with Gasteiger partial charge in [-0.05, 0) is 37.5 Å². The van der Waals surface area contributed by atoms with E-state index in [2.05, 4.69) is 4.98 Å². The van der Waals surface area contributed by atoms with Gasteiger partial charge in [-0.3, -0.25) is 19.0 Å². The molecule has 2 aliphatic rings. The van der Waals surface area contributed by atoms with E-state index in [0.717, 1.165) is 12.1 Å². The molecule has 0 unspecified atom stereocenters. The van der Waals surface area contributed by atoms with Crippen molar-refractivity contribution in [3.05, 3.63) is 75.2 Å². The summed E-state index contributed by atoms with van der Waals surface area (Å²) in [4.78, 5) is 44.5. The average Bonchev–Trinajstić information content (AvgIpc) is 2.74. The van der Waals surface area contributed by atoms with Gasteiger partial charge in [-0.2, -0.15) is 0 Å². The number of para-hydroxylation sites is 1. The third-order valence-electron chi connectivity index (χ3n) is 6.26. The maximum absolute atomic E-state index is 13.3. The molecule has 2 bridgehead atoms. The lowest BCUT2D eigenvalue weighted by Crippen LogP contribution is -2.51. The monoisotopic (exact) mass is 390 g/mol. The van der Waals surface area contributed by atoms with Crippen molar-refractivity contribution in [1.29, 1.82) is 0 Å². The number of fused-ring (bicyclic) bond motifs is 5. The zero-order valence-corrected chi connectivity index (χ0v) is 16.2. The van der Waals surface area contributed by atoms with Crippen LogP contribution in [0.1, 0.15) is 31.0 Å². The largest absolute Gasteiger partial charge is 0.340 e. The Morgan fingerprint density at radius 1 is 1.07 bits per heavy atom. The van der Waals surface area contributed by atoms with E-state index in [4.69, 9.17) is 0 Å². The van der Waals surface area contributed by atoms with Crippen LogP contribution in [0.25, 0.3) is 10.9 Å². The Kier molecular flexibility index (Phi) is 4.12. The van der Waals surface area contributed by atoms with Crippen molar-refractivity contribution in [3.63, 3.8) is 0 Å². The highest BCUT2D eigenvalue weighted by atomic mass is 16.2. The summed E-state index contributed by atoms with van der Waals surface area (Å²) in [6.45, 7) is 3.57. The molecule has 0 saturated carbocycles. The molecule has 1 fully saturated rings. The smallest absolute Gasteiger partial charge is 0.261 e. The molecule has 1 aromatic carbocycles. The van der Waals surface area contributed by atoms with E-state index in [1.165, 1.54) is 10.9 Å². The van der Waals surface area contributed by atoms with Crippen LogP contribution in [0.5, 0.6) is 0 Å². The SMILES string of the molecule is C[C@H](C(=O)N1C[C@@H]2C[C@H](C1)c1cccc(=O)n1C2)n1cnc2ccccc2c1=O. The summed E-state index contributed by atoms with van der Waals surface area (Å²) in [5.41, 5.74) is 1.45. The fourth-order valence-corrected chi connectivity index (χ4v) is 4.82. The normalized spacial score (nSPS) is 21.6. The van der Waals surface area contributed by atoms with Gasteiger partial charge >= 0.3 is 0 Å². The fourth-order valence-electron chi connectivity index (χ4n) is 4.82. The summed E-state index contributed by atoms with van der Waals surface area (Å²) in [6.07, 6.45) is 2.45. The summed E-state index contributed by atoms with van der Waals surface area (Å²) < 4.78 is 3.27. The van der Waals surface area contributed by atoms with Crippen molar-refractivity contribution in [2.24, 2.45) is 5.92 Å². The Morgan fingerprint density at radius 3 is 2.76 bits per heavy atom. The molecule has 3 atom stereocenters. The molecular weight excluding hydrogens is 368 g/mol. The molecular formula is C22H22N4O3. The number of amides is 1. The predicted molar refractivity (Wildman–Crippen MR) is 109 cm³/mol. The molecule has 1 amide bonds. The van der Waals surface area contributed by atoms with E-state index < -0.39 is 6.04 Å². The molecule has 2 aliphatic heterocycles. The third kappa shape index (κ3) is 2.88. The highest BCUT2D eigenvalue weighted by Crippen LogP contribution is 2.35. The number of pyridine rings is 1. The molecule has 148 valence electrons. The Hall–Kier alpha value is -3.22. The van der Waals surface area contributed by atoms with Crippen molar-refractivity contribution in [1.82, 2.24) is 19.0 Å². The highest BCUT2D eigenvalue weighted by Gasteiger charge is 2.37. The first-order valence-electron chi connectivity index (χ1n) is 9.97. The van der Waals surface area contributed by atoms with Crippen molar-refractivity contribution >= 4 is 16.8 Å². The van der Waals surface area contributed by atoms with Gasteiger partial charge in [0.25, 0.3) is 11.1 Å². The summed E-state index contributed by atoms with van der Waals surface area (Å²) in [5.74, 6) is 0.327. The number of likely N-dealkylation sites (tertiary alicyclic amines) is 1. The van der Waals surface area contributed by atoms with Crippen molar-refractivity contribution in [2.75, 3.05) is 13.1 Å². The number of benzene rings is 1. The molecule has 29 heavy (non-hydrogen) atoms. The van der Waals surface area contributed by atoms with E-state index in [9.17, 15) is 14.4 Å². The van der Waals surface area contributed by atoms with Crippen LogP contribution in [0.2, 0.25) is 0 Å². The van der Waals surface area contributed by atoms with Crippen molar-refractivity contribution < 1.29 is 4.79 Å². The third-order valence-corrected chi connectivity index (χ3v) is 6.26. The molecule has 3 aromatic rings. The lowest BCUT2D eigenvalue weighted by atomic mass is 9.83. The second-order valence-corrected chi connectivity index (χ2v) is 8.09. The molecule has 7 heteroatoms. The Bertz CT molecular complexity index is 1230. The maximum Gasteiger partial charge on any atom is 0.261 e. The molecule has 1 saturated heterocycles. The van der Waals surface area contributed by atoms with Gasteiger partial charge in [0.1, 0.15) is 6.04 Å². The minimum absolute atomic E-state index is 0.0270. The average molecular weight is 390 g/mol. The highest BCUT2D eigenvalue weighted by molar-refractivity contribution is 5.81. The lowest BCUT2D eigenvalue weighted by Gasteiger charge is -2.43. The van der Waals surface area contributed by atoms with Gasteiger partial charge in [0.2, 0.25) is 5.91 Å². The zero-order valence-electron chi connectivity index (χ0n) is 16.2. The van der Waals surface area contributed by atoms with Crippen LogP contribution in [0.15, 0.2) is 58.4 Å². The second-order valence-electron chi connectivity index (χ2n) is 8.09. The number of rotatable bonds is 2. The molecule has 0 aliphatic carbocycles. The summed E-state index contributed by atoms with van der Waals surface area (Å²) in [5, 5.41) is 0.512. The fraction of sp³-hybridized carbons (Fsp3) is 0.364. The van der Waals surface area contributed by atoms with Crippen LogP contribution in [-0.4, -0.2) is 38.0 Å². The Morgan fingerprint density at radius 2 is 1.90 bits per heavy atom. The van der Waals surface area contributed by atoms with Gasteiger partial charge in [-0.1, -0.05) is 18.2 Å². The first-order chi connectivity index (χ1) is 14.0. The number of piperidine rings is 1. The van der Waals surface area contributed by atoms with Gasteiger partial charge in [-0.15, -0.1) is 0 Å². The standard InChI is InChI=1S/C22H22N4O3/c1-14(26-13-23-18-6-3-2-5-17(18)22(26)29)21(28)24-10-15-9-16(12-24)19-7-4-8-20(27)25(19)11-15/h2-8,13-16H,9-12H2,1H3/t14-,15+,16-/m1/s1. The predicted octanol–water partition coefficient (Wildman–Crippen LogP) is 1.77. The molecule has 2 aromatic heterocycles. The second kappa shape index (κ2) is 6.69. The van der Waals surface area contributed by atoms with Gasteiger partial charge in [0, 0.05) is 37.3 Å². The summed E-state index contributed by atoms with van der Waals surface area (Å²) >= 11 is 0. The van der Waals surface area contributed by atoms with Crippen LogP contribution in [0.4, 0.5) is 0 Å². The van der Waals surface area contributed by atoms with Crippen LogP contribution >= 0.6 is 0 Å². The molecule has 0 radical (unpaired) electrons. The van der Waals surface area contributed by atoms with Crippen LogP contribution < -0.4 is 11.1 Å². The Labute approximate surface area is 167 Å². The molecule has 0 spiro atoms. The Balaban J connectivity index is 1.44. The van der Waals surface area contributed by atoms with E-state index >= 15 is 0 Å². The van der Waals surface area contributed by atoms with Crippen LogP contribution in [-0.2, 0) is 11.3 Å². The van der Waals surface area contributed by atoms with E-state index in [1.54, 1.807) is 37.3 Å². The van der Waals surface area contributed by atoms with E-state index in [0.29, 0.717) is 30.5 Å². The number of carbonyl (C=O) groups excluding carboxylic acids is 1. The molecule has 5 rings (SSSR count). The first-order valence-corrected chi connectivity index (χ1v) is 9.97. The molecule has 7 nitrogen and oxygen atoms in total. The number of carbonyl (C=O) groups is 1. The topological polar surface area (TPSA) is 77.2 Å². The minimum atomic E-state index is -0.628. The number of hydrogen-bond donors (Lipinski definition) is 0. The van der Waals surface area contributed by atoms with E-state index in [1.807, 2.05) is 21.6 Å². The van der Waals surface area contributed by atoms with Gasteiger partial charge < -0.3 is 9.47 Å². The van der Waals surface area contributed by atoms with Crippen LogP contribution in [0.3, 0.4) is 0 Å². The van der Waals surface area contributed by atoms with Gasteiger partial charge in [0.05, 0.1) is 17.2 Å². The van der Waals surface area contributed by atoms with Crippen molar-refractivity contribution in [2.45, 2.75) is 31.8 Å². The lowest BCUT2D eigenvalue weighted by molar-refractivity contribution is -0.137. The van der Waals surface area contributed by atoms with Crippen LogP contribution in [0, 0.1) is 5.92 Å².